The second-order valence-corrected chi connectivity index (χ2v) is 7.74. The van der Waals surface area contributed by atoms with Gasteiger partial charge in [0.15, 0.2) is 0 Å². The van der Waals surface area contributed by atoms with Gasteiger partial charge in [0.25, 0.3) is 0 Å². The number of carbonyl (C=O) groups excluding carboxylic acids is 1. The van der Waals surface area contributed by atoms with E-state index in [1.807, 2.05) is 29.6 Å². The third-order valence-corrected chi connectivity index (χ3v) is 5.18. The second kappa shape index (κ2) is 8.47. The summed E-state index contributed by atoms with van der Waals surface area (Å²) in [5.74, 6) is 1.24. The normalized spacial score (nSPS) is 12.3. The van der Waals surface area contributed by atoms with Crippen LogP contribution < -0.4 is 5.32 Å². The van der Waals surface area contributed by atoms with Crippen LogP contribution in [0.2, 0.25) is 5.02 Å². The Labute approximate surface area is 161 Å². The van der Waals surface area contributed by atoms with Crippen LogP contribution in [0.15, 0.2) is 46.3 Å². The number of nitrogens with zero attached hydrogens (tertiary/aromatic N) is 2. The lowest BCUT2D eigenvalue weighted by Crippen LogP contribution is -2.31. The van der Waals surface area contributed by atoms with Gasteiger partial charge >= 0.3 is 0 Å². The van der Waals surface area contributed by atoms with Gasteiger partial charge in [0.1, 0.15) is 0 Å². The van der Waals surface area contributed by atoms with Crippen molar-refractivity contribution in [2.24, 2.45) is 5.92 Å². The maximum Gasteiger partial charge on any atom is 0.227 e. The number of amides is 1. The summed E-state index contributed by atoms with van der Waals surface area (Å²) in [6.07, 6.45) is 0.707. The Morgan fingerprint density at radius 2 is 2.04 bits per heavy atom. The molecule has 5 nitrogen and oxygen atoms in total. The topological polar surface area (TPSA) is 68.0 Å². The lowest BCUT2D eigenvalue weighted by molar-refractivity contribution is -0.122. The minimum atomic E-state index is -0.0247. The largest absolute Gasteiger partial charge is 0.348 e. The van der Waals surface area contributed by atoms with Gasteiger partial charge in [-0.2, -0.15) is 4.98 Å². The number of aromatic nitrogens is 2. The first-order chi connectivity index (χ1) is 12.5. The number of carbonyl (C=O) groups is 1. The lowest BCUT2D eigenvalue weighted by atomic mass is 10.0. The zero-order valence-corrected chi connectivity index (χ0v) is 16.2. The van der Waals surface area contributed by atoms with Gasteiger partial charge in [0, 0.05) is 28.3 Å². The van der Waals surface area contributed by atoms with Crippen LogP contribution in [-0.2, 0) is 11.2 Å². The van der Waals surface area contributed by atoms with Crippen molar-refractivity contribution in [3.63, 3.8) is 0 Å². The van der Waals surface area contributed by atoms with E-state index in [-0.39, 0.29) is 11.9 Å². The van der Waals surface area contributed by atoms with Crippen molar-refractivity contribution in [2.75, 3.05) is 0 Å². The molecule has 3 rings (SSSR count). The molecule has 0 aliphatic carbocycles. The molecule has 0 unspecified atom stereocenters. The molecule has 0 bridgehead atoms. The fourth-order valence-electron chi connectivity index (χ4n) is 2.57. The summed E-state index contributed by atoms with van der Waals surface area (Å²) in [6, 6.07) is 11.3. The van der Waals surface area contributed by atoms with Gasteiger partial charge in [0.05, 0.1) is 6.04 Å². The minimum absolute atomic E-state index is 0.0230. The van der Waals surface area contributed by atoms with Crippen LogP contribution in [0.4, 0.5) is 0 Å². The first-order valence-electron chi connectivity index (χ1n) is 8.44. The third-order valence-electron chi connectivity index (χ3n) is 3.97. The number of rotatable bonds is 7. The molecule has 2 aromatic heterocycles. The first-order valence-corrected chi connectivity index (χ1v) is 9.70. The highest BCUT2D eigenvalue weighted by Crippen LogP contribution is 2.26. The molecule has 1 atom stereocenters. The Morgan fingerprint density at radius 1 is 1.27 bits per heavy atom. The predicted octanol–water partition coefficient (Wildman–Crippen LogP) is 4.90. The molecular weight excluding hydrogens is 370 g/mol. The highest BCUT2D eigenvalue weighted by molar-refractivity contribution is 7.10. The Morgan fingerprint density at radius 3 is 2.69 bits per heavy atom. The van der Waals surface area contributed by atoms with Gasteiger partial charge in [-0.3, -0.25) is 4.79 Å². The summed E-state index contributed by atoms with van der Waals surface area (Å²) in [7, 11) is 0. The quantitative estimate of drug-likeness (QED) is 0.624. The van der Waals surface area contributed by atoms with Crippen LogP contribution in [0.1, 0.15) is 37.1 Å². The minimum Gasteiger partial charge on any atom is -0.348 e. The first kappa shape index (κ1) is 18.6. The third kappa shape index (κ3) is 4.71. The predicted molar refractivity (Wildman–Crippen MR) is 103 cm³/mol. The maximum atomic E-state index is 12.3. The molecule has 26 heavy (non-hydrogen) atoms. The maximum absolute atomic E-state index is 12.3. The van der Waals surface area contributed by atoms with E-state index in [4.69, 9.17) is 16.1 Å². The van der Waals surface area contributed by atoms with Crippen LogP contribution in [0.5, 0.6) is 0 Å². The number of benzene rings is 1. The van der Waals surface area contributed by atoms with Crippen LogP contribution in [0, 0.1) is 5.92 Å². The molecule has 0 radical (unpaired) electrons. The highest BCUT2D eigenvalue weighted by atomic mass is 35.5. The van der Waals surface area contributed by atoms with Gasteiger partial charge in [-0.25, -0.2) is 0 Å². The van der Waals surface area contributed by atoms with Gasteiger partial charge in [-0.05, 0) is 41.6 Å². The van der Waals surface area contributed by atoms with Crippen molar-refractivity contribution in [3.8, 4) is 11.4 Å². The fourth-order valence-corrected chi connectivity index (χ4v) is 3.65. The molecule has 7 heteroatoms. The Balaban J connectivity index is 1.57. The number of aryl methyl sites for hydroxylation is 1. The SMILES string of the molecule is CC(C)[C@H](NC(=O)CCc1nc(-c2ccc(Cl)cc2)no1)c1cccs1. The molecule has 0 fully saturated rings. The summed E-state index contributed by atoms with van der Waals surface area (Å²) < 4.78 is 5.25. The summed E-state index contributed by atoms with van der Waals surface area (Å²) in [5, 5.41) is 9.74. The average Bonchev–Trinajstić information content (AvgIpc) is 3.30. The second-order valence-electron chi connectivity index (χ2n) is 6.32. The van der Waals surface area contributed by atoms with E-state index in [0.717, 1.165) is 10.4 Å². The number of halogens is 1. The highest BCUT2D eigenvalue weighted by Gasteiger charge is 2.19. The van der Waals surface area contributed by atoms with Gasteiger partial charge in [-0.1, -0.05) is 36.7 Å². The van der Waals surface area contributed by atoms with Crippen LogP contribution in [0.25, 0.3) is 11.4 Å². The van der Waals surface area contributed by atoms with Crippen molar-refractivity contribution >= 4 is 28.8 Å². The molecule has 0 saturated carbocycles. The zero-order valence-electron chi connectivity index (χ0n) is 14.6. The van der Waals surface area contributed by atoms with Crippen LogP contribution in [0.3, 0.4) is 0 Å². The molecular formula is C19H20ClN3O2S. The molecule has 0 aliphatic rings. The van der Waals surface area contributed by atoms with Gasteiger partial charge in [0.2, 0.25) is 17.6 Å². The van der Waals surface area contributed by atoms with Crippen molar-refractivity contribution in [1.29, 1.82) is 0 Å². The van der Waals surface area contributed by atoms with E-state index in [9.17, 15) is 4.79 Å². The number of hydrogen-bond donors (Lipinski definition) is 1. The molecule has 1 aromatic carbocycles. The van der Waals surface area contributed by atoms with Gasteiger partial charge < -0.3 is 9.84 Å². The summed E-state index contributed by atoms with van der Waals surface area (Å²) >= 11 is 7.53. The fraction of sp³-hybridized carbons (Fsp3) is 0.316. The summed E-state index contributed by atoms with van der Waals surface area (Å²) in [4.78, 5) is 17.8. The van der Waals surface area contributed by atoms with E-state index >= 15 is 0 Å². The molecule has 2 heterocycles. The molecule has 0 spiro atoms. The molecule has 136 valence electrons. The number of nitrogens with one attached hydrogen (secondary N) is 1. The van der Waals surface area contributed by atoms with E-state index in [1.54, 1.807) is 23.5 Å². The summed E-state index contributed by atoms with van der Waals surface area (Å²) in [5.41, 5.74) is 0.825. The summed E-state index contributed by atoms with van der Waals surface area (Å²) in [6.45, 7) is 4.20. The van der Waals surface area contributed by atoms with E-state index < -0.39 is 0 Å². The molecule has 0 saturated heterocycles. The van der Waals surface area contributed by atoms with Crippen molar-refractivity contribution < 1.29 is 9.32 Å². The van der Waals surface area contributed by atoms with E-state index in [2.05, 4.69) is 29.3 Å². The van der Waals surface area contributed by atoms with Crippen molar-refractivity contribution in [3.05, 3.63) is 57.6 Å². The van der Waals surface area contributed by atoms with Crippen LogP contribution >= 0.6 is 22.9 Å². The van der Waals surface area contributed by atoms with Crippen LogP contribution in [-0.4, -0.2) is 16.0 Å². The van der Waals surface area contributed by atoms with E-state index in [1.165, 1.54) is 0 Å². The van der Waals surface area contributed by atoms with Crippen molar-refractivity contribution in [2.45, 2.75) is 32.7 Å². The molecule has 0 aliphatic heterocycles. The lowest BCUT2D eigenvalue weighted by Gasteiger charge is -2.21. The molecule has 1 N–H and O–H groups in total. The Kier molecular flexibility index (Phi) is 6.06. The Hall–Kier alpha value is -2.18. The van der Waals surface area contributed by atoms with E-state index in [0.29, 0.717) is 35.5 Å². The zero-order chi connectivity index (χ0) is 18.5. The number of thiophene rings is 1. The van der Waals surface area contributed by atoms with Gasteiger partial charge in [-0.15, -0.1) is 11.3 Å². The molecule has 3 aromatic rings. The smallest absolute Gasteiger partial charge is 0.227 e. The average molecular weight is 390 g/mol. The monoisotopic (exact) mass is 389 g/mol. The number of hydrogen-bond acceptors (Lipinski definition) is 5. The Bertz CT molecular complexity index is 844. The van der Waals surface area contributed by atoms with Crippen molar-refractivity contribution in [1.82, 2.24) is 15.5 Å². The molecule has 1 amide bonds. The standard InChI is InChI=1S/C19H20ClN3O2S/c1-12(2)18(15-4-3-11-26-15)21-16(24)9-10-17-22-19(23-25-17)13-5-7-14(20)8-6-13/h3-8,11-12,18H,9-10H2,1-2H3,(H,21,24)/t18-/m0/s1.